The molecule has 1 fully saturated rings. The van der Waals surface area contributed by atoms with Crippen molar-refractivity contribution >= 4 is 5.91 Å². The average Bonchev–Trinajstić information content (AvgIpc) is 3.20. The fraction of sp³-hybridized carbons (Fsp3) is 0.375. The van der Waals surface area contributed by atoms with E-state index in [1.165, 1.54) is 17.8 Å². The average molecular weight is 440 g/mol. The monoisotopic (exact) mass is 440 g/mol. The van der Waals surface area contributed by atoms with E-state index in [2.05, 4.69) is 22.1 Å². The lowest BCUT2D eigenvalue weighted by atomic mass is 9.90. The molecular formula is C24H23F3N4O. The Morgan fingerprint density at radius 2 is 1.91 bits per heavy atom. The molecule has 2 aliphatic heterocycles. The molecule has 2 aliphatic rings. The molecule has 0 aliphatic carbocycles. The highest BCUT2D eigenvalue weighted by atomic mass is 19.4. The SMILES string of the molecule is O=C(c1cn2c(n1)CCC(c1cccnc1C(F)(F)F)C2)N1CCC1Cc1ccccc1. The van der Waals surface area contributed by atoms with Crippen LogP contribution in [0.4, 0.5) is 13.2 Å². The molecule has 0 saturated carbocycles. The first-order valence-electron chi connectivity index (χ1n) is 10.8. The number of nitrogens with zero attached hydrogens (tertiary/aromatic N) is 4. The van der Waals surface area contributed by atoms with Crippen molar-refractivity contribution in [3.8, 4) is 0 Å². The molecule has 0 N–H and O–H groups in total. The van der Waals surface area contributed by atoms with Gasteiger partial charge in [0.25, 0.3) is 5.91 Å². The van der Waals surface area contributed by atoms with Crippen molar-refractivity contribution in [2.75, 3.05) is 6.54 Å². The van der Waals surface area contributed by atoms with Crippen LogP contribution in [0.1, 0.15) is 51.9 Å². The van der Waals surface area contributed by atoms with Gasteiger partial charge < -0.3 is 9.47 Å². The number of fused-ring (bicyclic) bond motifs is 1. The molecule has 2 atom stereocenters. The van der Waals surface area contributed by atoms with Crippen LogP contribution in [0.3, 0.4) is 0 Å². The van der Waals surface area contributed by atoms with Crippen LogP contribution >= 0.6 is 0 Å². The first kappa shape index (κ1) is 20.7. The molecule has 166 valence electrons. The van der Waals surface area contributed by atoms with Crippen molar-refractivity contribution in [1.82, 2.24) is 19.4 Å². The van der Waals surface area contributed by atoms with Crippen molar-refractivity contribution in [1.29, 1.82) is 0 Å². The number of carbonyl (C=O) groups is 1. The van der Waals surface area contributed by atoms with Crippen LogP contribution < -0.4 is 0 Å². The maximum Gasteiger partial charge on any atom is 0.433 e. The van der Waals surface area contributed by atoms with E-state index < -0.39 is 11.9 Å². The van der Waals surface area contributed by atoms with Crippen molar-refractivity contribution in [3.05, 3.63) is 83.2 Å². The molecule has 3 aromatic rings. The van der Waals surface area contributed by atoms with Gasteiger partial charge in [-0.2, -0.15) is 13.2 Å². The summed E-state index contributed by atoms with van der Waals surface area (Å²) in [4.78, 5) is 23.0. The Balaban J connectivity index is 1.32. The van der Waals surface area contributed by atoms with E-state index in [9.17, 15) is 18.0 Å². The van der Waals surface area contributed by atoms with Crippen LogP contribution in [-0.4, -0.2) is 37.9 Å². The predicted molar refractivity (Wildman–Crippen MR) is 112 cm³/mol. The second-order valence-electron chi connectivity index (χ2n) is 8.50. The second kappa shape index (κ2) is 8.07. The Labute approximate surface area is 183 Å². The number of aryl methyl sites for hydroxylation is 1. The molecule has 32 heavy (non-hydrogen) atoms. The van der Waals surface area contributed by atoms with Gasteiger partial charge in [-0.15, -0.1) is 0 Å². The summed E-state index contributed by atoms with van der Waals surface area (Å²) in [6.45, 7) is 1.06. The standard InChI is InChI=1S/C24H23F3N4O/c25-24(26,27)22-19(7-4-11-28-22)17-8-9-21-29-20(15-30(21)14-17)23(32)31-12-10-18(31)13-16-5-2-1-3-6-16/h1-7,11,15,17-18H,8-10,12-14H2. The number of pyridine rings is 1. The summed E-state index contributed by atoms with van der Waals surface area (Å²) >= 11 is 0. The zero-order chi connectivity index (χ0) is 22.3. The fourth-order valence-electron chi connectivity index (χ4n) is 4.74. The molecule has 1 saturated heterocycles. The van der Waals surface area contributed by atoms with E-state index in [0.29, 0.717) is 31.6 Å². The summed E-state index contributed by atoms with van der Waals surface area (Å²) < 4.78 is 42.0. The van der Waals surface area contributed by atoms with E-state index in [1.807, 2.05) is 27.7 Å². The van der Waals surface area contributed by atoms with E-state index >= 15 is 0 Å². The van der Waals surface area contributed by atoms with Crippen molar-refractivity contribution in [3.63, 3.8) is 0 Å². The number of amides is 1. The lowest BCUT2D eigenvalue weighted by molar-refractivity contribution is -0.142. The third-order valence-electron chi connectivity index (χ3n) is 6.48. The van der Waals surface area contributed by atoms with Crippen LogP contribution in [0.2, 0.25) is 0 Å². The lowest BCUT2D eigenvalue weighted by Crippen LogP contribution is -2.52. The van der Waals surface area contributed by atoms with Gasteiger partial charge in [0.1, 0.15) is 17.2 Å². The third kappa shape index (κ3) is 3.89. The smallest absolute Gasteiger partial charge is 0.334 e. The van der Waals surface area contributed by atoms with Gasteiger partial charge in [-0.1, -0.05) is 36.4 Å². The van der Waals surface area contributed by atoms with Crippen LogP contribution in [0.5, 0.6) is 0 Å². The molecule has 2 aromatic heterocycles. The minimum absolute atomic E-state index is 0.104. The summed E-state index contributed by atoms with van der Waals surface area (Å²) in [7, 11) is 0. The largest absolute Gasteiger partial charge is 0.433 e. The number of rotatable bonds is 4. The topological polar surface area (TPSA) is 51.0 Å². The van der Waals surface area contributed by atoms with Gasteiger partial charge in [0.2, 0.25) is 0 Å². The zero-order valence-electron chi connectivity index (χ0n) is 17.4. The summed E-state index contributed by atoms with van der Waals surface area (Å²) in [6, 6.07) is 13.3. The molecule has 8 heteroatoms. The summed E-state index contributed by atoms with van der Waals surface area (Å²) in [5.74, 6) is 0.329. The number of hydrogen-bond acceptors (Lipinski definition) is 3. The predicted octanol–water partition coefficient (Wildman–Crippen LogP) is 4.48. The van der Waals surface area contributed by atoms with Crippen molar-refractivity contribution < 1.29 is 18.0 Å². The Morgan fingerprint density at radius 1 is 1.09 bits per heavy atom. The molecule has 0 radical (unpaired) electrons. The number of halogens is 3. The molecular weight excluding hydrogens is 417 g/mol. The van der Waals surface area contributed by atoms with Gasteiger partial charge in [-0.05, 0) is 36.5 Å². The van der Waals surface area contributed by atoms with Crippen LogP contribution in [0, 0.1) is 0 Å². The number of carbonyl (C=O) groups excluding carboxylic acids is 1. The zero-order valence-corrected chi connectivity index (χ0v) is 17.4. The Kier molecular flexibility index (Phi) is 5.23. The molecule has 0 spiro atoms. The number of benzene rings is 1. The normalized spacial score (nSPS) is 20.5. The maximum atomic E-state index is 13.4. The van der Waals surface area contributed by atoms with Crippen molar-refractivity contribution in [2.45, 2.75) is 50.4 Å². The number of alkyl halides is 3. The first-order chi connectivity index (χ1) is 15.4. The van der Waals surface area contributed by atoms with E-state index in [4.69, 9.17) is 0 Å². The molecule has 2 unspecified atom stereocenters. The van der Waals surface area contributed by atoms with Gasteiger partial charge in [-0.25, -0.2) is 4.98 Å². The van der Waals surface area contributed by atoms with Crippen molar-refractivity contribution in [2.24, 2.45) is 0 Å². The number of imidazole rings is 1. The molecule has 1 amide bonds. The Morgan fingerprint density at radius 3 is 2.62 bits per heavy atom. The first-order valence-corrected chi connectivity index (χ1v) is 10.8. The fourth-order valence-corrected chi connectivity index (χ4v) is 4.74. The minimum atomic E-state index is -4.49. The molecule has 0 bridgehead atoms. The molecule has 5 nitrogen and oxygen atoms in total. The molecule has 1 aromatic carbocycles. The number of hydrogen-bond donors (Lipinski definition) is 0. The highest BCUT2D eigenvalue weighted by Crippen LogP contribution is 2.37. The Hall–Kier alpha value is -3.16. The highest BCUT2D eigenvalue weighted by molar-refractivity contribution is 5.93. The minimum Gasteiger partial charge on any atom is -0.334 e. The van der Waals surface area contributed by atoms with Crippen LogP contribution in [-0.2, 0) is 25.6 Å². The quantitative estimate of drug-likeness (QED) is 0.601. The van der Waals surface area contributed by atoms with Crippen LogP contribution in [0.15, 0.2) is 54.9 Å². The van der Waals surface area contributed by atoms with Gasteiger partial charge in [0, 0.05) is 43.9 Å². The van der Waals surface area contributed by atoms with E-state index in [0.717, 1.165) is 18.7 Å². The molecule has 4 heterocycles. The third-order valence-corrected chi connectivity index (χ3v) is 6.48. The summed E-state index contributed by atoms with van der Waals surface area (Å²) in [5, 5.41) is 0. The highest BCUT2D eigenvalue weighted by Gasteiger charge is 2.38. The van der Waals surface area contributed by atoms with E-state index in [1.54, 1.807) is 12.3 Å². The van der Waals surface area contributed by atoms with Gasteiger partial charge in [0.15, 0.2) is 0 Å². The lowest BCUT2D eigenvalue weighted by Gasteiger charge is -2.40. The molecule has 5 rings (SSSR count). The summed E-state index contributed by atoms with van der Waals surface area (Å²) in [5.41, 5.74) is 0.951. The second-order valence-corrected chi connectivity index (χ2v) is 8.50. The number of aromatic nitrogens is 3. The van der Waals surface area contributed by atoms with Gasteiger partial charge in [0.05, 0.1) is 0 Å². The van der Waals surface area contributed by atoms with Gasteiger partial charge >= 0.3 is 6.18 Å². The van der Waals surface area contributed by atoms with Gasteiger partial charge in [-0.3, -0.25) is 9.78 Å². The number of likely N-dealkylation sites (tertiary alicyclic amines) is 1. The van der Waals surface area contributed by atoms with E-state index in [-0.39, 0.29) is 23.4 Å². The Bertz CT molecular complexity index is 1130. The maximum absolute atomic E-state index is 13.4. The van der Waals surface area contributed by atoms with Crippen LogP contribution in [0.25, 0.3) is 0 Å². The summed E-state index contributed by atoms with van der Waals surface area (Å²) in [6.07, 6.45) is 1.22.